The first-order valence-electron chi connectivity index (χ1n) is 6.52. The van der Waals surface area contributed by atoms with Gasteiger partial charge in [-0.15, -0.1) is 0 Å². The molecule has 0 atom stereocenters. The van der Waals surface area contributed by atoms with Crippen LogP contribution in [0.25, 0.3) is 0 Å². The number of nitrogens with zero attached hydrogens (tertiary/aromatic N) is 2. The molecule has 0 N–H and O–H groups in total. The Hall–Kier alpha value is -0.570. The third kappa shape index (κ3) is 4.12. The zero-order valence-electron chi connectivity index (χ0n) is 11.2. The molecular formula is C13H26N2O. The van der Waals surface area contributed by atoms with Crippen molar-refractivity contribution in [2.75, 3.05) is 32.7 Å². The van der Waals surface area contributed by atoms with Gasteiger partial charge in [-0.2, -0.15) is 0 Å². The Balaban J connectivity index is 2.43. The van der Waals surface area contributed by atoms with Crippen LogP contribution < -0.4 is 0 Å². The fourth-order valence-corrected chi connectivity index (χ4v) is 2.26. The fraction of sp³-hybridized carbons (Fsp3) is 0.923. The minimum absolute atomic E-state index is 0.136. The van der Waals surface area contributed by atoms with Crippen molar-refractivity contribution in [2.24, 2.45) is 11.8 Å². The van der Waals surface area contributed by atoms with Crippen LogP contribution >= 0.6 is 0 Å². The van der Waals surface area contributed by atoms with E-state index in [1.165, 1.54) is 0 Å². The zero-order valence-corrected chi connectivity index (χ0v) is 11.2. The lowest BCUT2D eigenvalue weighted by molar-refractivity contribution is -0.134. The Bertz CT molecular complexity index is 226. The molecular weight excluding hydrogens is 200 g/mol. The lowest BCUT2D eigenvalue weighted by Crippen LogP contribution is -2.38. The van der Waals surface area contributed by atoms with E-state index < -0.39 is 0 Å². The van der Waals surface area contributed by atoms with Crippen LogP contribution in [-0.4, -0.2) is 48.4 Å². The van der Waals surface area contributed by atoms with E-state index in [0.29, 0.717) is 11.8 Å². The van der Waals surface area contributed by atoms with Crippen molar-refractivity contribution in [2.45, 2.75) is 34.1 Å². The average Bonchev–Trinajstić information content (AvgIpc) is 2.41. The van der Waals surface area contributed by atoms with E-state index >= 15 is 0 Å². The topological polar surface area (TPSA) is 23.6 Å². The van der Waals surface area contributed by atoms with Gasteiger partial charge in [0.05, 0.1) is 0 Å². The van der Waals surface area contributed by atoms with E-state index in [9.17, 15) is 4.79 Å². The van der Waals surface area contributed by atoms with Gasteiger partial charge in [-0.3, -0.25) is 4.79 Å². The first-order chi connectivity index (χ1) is 7.50. The summed E-state index contributed by atoms with van der Waals surface area (Å²) in [4.78, 5) is 16.4. The summed E-state index contributed by atoms with van der Waals surface area (Å²) in [6.45, 7) is 13.7. The van der Waals surface area contributed by atoms with Gasteiger partial charge in [0.2, 0.25) is 5.91 Å². The van der Waals surface area contributed by atoms with Crippen molar-refractivity contribution in [3.63, 3.8) is 0 Å². The van der Waals surface area contributed by atoms with Crippen LogP contribution in [0.5, 0.6) is 0 Å². The van der Waals surface area contributed by atoms with Gasteiger partial charge in [0.1, 0.15) is 0 Å². The number of amides is 1. The van der Waals surface area contributed by atoms with E-state index in [4.69, 9.17) is 0 Å². The average molecular weight is 226 g/mol. The number of rotatable bonds is 3. The second-order valence-corrected chi connectivity index (χ2v) is 5.53. The van der Waals surface area contributed by atoms with E-state index in [0.717, 1.165) is 39.1 Å². The monoisotopic (exact) mass is 226 g/mol. The van der Waals surface area contributed by atoms with Gasteiger partial charge >= 0.3 is 0 Å². The van der Waals surface area contributed by atoms with Gasteiger partial charge in [0, 0.05) is 32.1 Å². The minimum atomic E-state index is 0.136. The normalized spacial score (nSPS) is 19.2. The van der Waals surface area contributed by atoms with Crippen LogP contribution in [0.3, 0.4) is 0 Å². The molecule has 0 aromatic carbocycles. The molecule has 1 rings (SSSR count). The molecule has 94 valence electrons. The molecule has 0 saturated carbocycles. The highest BCUT2D eigenvalue weighted by Crippen LogP contribution is 2.09. The summed E-state index contributed by atoms with van der Waals surface area (Å²) in [5.41, 5.74) is 0. The Kier molecular flexibility index (Phi) is 5.26. The van der Waals surface area contributed by atoms with Crippen molar-refractivity contribution in [1.82, 2.24) is 9.80 Å². The summed E-state index contributed by atoms with van der Waals surface area (Å²) in [5.74, 6) is 1.16. The lowest BCUT2D eigenvalue weighted by atomic mass is 10.2. The minimum Gasteiger partial charge on any atom is -0.341 e. The van der Waals surface area contributed by atoms with Crippen molar-refractivity contribution in [3.05, 3.63) is 0 Å². The Morgan fingerprint density at radius 2 is 1.75 bits per heavy atom. The molecule has 3 nitrogen and oxygen atoms in total. The maximum Gasteiger partial charge on any atom is 0.225 e. The predicted molar refractivity (Wildman–Crippen MR) is 67.3 cm³/mol. The number of hydrogen-bond donors (Lipinski definition) is 0. The number of carbonyl (C=O) groups is 1. The molecule has 0 aromatic heterocycles. The molecule has 1 fully saturated rings. The van der Waals surface area contributed by atoms with Crippen LogP contribution in [0.2, 0.25) is 0 Å². The highest BCUT2D eigenvalue weighted by Gasteiger charge is 2.20. The molecule has 0 aliphatic carbocycles. The Labute approximate surface area is 99.8 Å². The molecule has 0 aromatic rings. The van der Waals surface area contributed by atoms with E-state index in [-0.39, 0.29) is 5.92 Å². The van der Waals surface area contributed by atoms with Crippen molar-refractivity contribution in [1.29, 1.82) is 0 Å². The molecule has 0 radical (unpaired) electrons. The number of hydrogen-bond acceptors (Lipinski definition) is 2. The van der Waals surface area contributed by atoms with Crippen LogP contribution in [0.1, 0.15) is 34.1 Å². The maximum atomic E-state index is 11.9. The van der Waals surface area contributed by atoms with Crippen molar-refractivity contribution >= 4 is 5.91 Å². The van der Waals surface area contributed by atoms with Crippen LogP contribution in [-0.2, 0) is 4.79 Å². The van der Waals surface area contributed by atoms with Crippen LogP contribution in [0, 0.1) is 11.8 Å². The Morgan fingerprint density at radius 3 is 2.31 bits per heavy atom. The summed E-state index contributed by atoms with van der Waals surface area (Å²) in [6, 6.07) is 0. The first-order valence-corrected chi connectivity index (χ1v) is 6.52. The van der Waals surface area contributed by atoms with Gasteiger partial charge in [0.25, 0.3) is 0 Å². The summed E-state index contributed by atoms with van der Waals surface area (Å²) >= 11 is 0. The largest absolute Gasteiger partial charge is 0.341 e. The molecule has 1 saturated heterocycles. The first kappa shape index (κ1) is 13.5. The zero-order chi connectivity index (χ0) is 12.1. The molecule has 3 heteroatoms. The molecule has 0 bridgehead atoms. The lowest BCUT2D eigenvalue weighted by Gasteiger charge is -2.24. The smallest absolute Gasteiger partial charge is 0.225 e. The predicted octanol–water partition coefficient (Wildman–Crippen LogP) is 1.83. The summed E-state index contributed by atoms with van der Waals surface area (Å²) in [7, 11) is 0. The quantitative estimate of drug-likeness (QED) is 0.733. The SMILES string of the molecule is CC(C)CN1CCCN(C(=O)C(C)C)CC1. The standard InChI is InChI=1S/C13H26N2O/c1-11(2)10-14-6-5-7-15(9-8-14)13(16)12(3)4/h11-12H,5-10H2,1-4H3. The second-order valence-electron chi connectivity index (χ2n) is 5.53. The summed E-state index contributed by atoms with van der Waals surface area (Å²) in [6.07, 6.45) is 1.12. The molecule has 0 spiro atoms. The molecule has 1 heterocycles. The summed E-state index contributed by atoms with van der Waals surface area (Å²) < 4.78 is 0. The Morgan fingerprint density at radius 1 is 1.06 bits per heavy atom. The molecule has 0 unspecified atom stereocenters. The van der Waals surface area contributed by atoms with Crippen LogP contribution in [0.15, 0.2) is 0 Å². The third-order valence-electron chi connectivity index (χ3n) is 3.02. The third-order valence-corrected chi connectivity index (χ3v) is 3.02. The highest BCUT2D eigenvalue weighted by atomic mass is 16.2. The fourth-order valence-electron chi connectivity index (χ4n) is 2.26. The molecule has 1 aliphatic heterocycles. The van der Waals surface area contributed by atoms with Gasteiger partial charge in [-0.25, -0.2) is 0 Å². The van der Waals surface area contributed by atoms with Crippen LogP contribution in [0.4, 0.5) is 0 Å². The summed E-state index contributed by atoms with van der Waals surface area (Å²) in [5, 5.41) is 0. The van der Waals surface area contributed by atoms with Gasteiger partial charge < -0.3 is 9.80 Å². The van der Waals surface area contributed by atoms with Gasteiger partial charge in [0.15, 0.2) is 0 Å². The van der Waals surface area contributed by atoms with E-state index in [1.54, 1.807) is 0 Å². The molecule has 16 heavy (non-hydrogen) atoms. The number of carbonyl (C=O) groups excluding carboxylic acids is 1. The van der Waals surface area contributed by atoms with Crippen molar-refractivity contribution in [3.8, 4) is 0 Å². The highest BCUT2D eigenvalue weighted by molar-refractivity contribution is 5.78. The molecule has 1 aliphatic rings. The molecule has 1 amide bonds. The van der Waals surface area contributed by atoms with Gasteiger partial charge in [-0.1, -0.05) is 27.7 Å². The van der Waals surface area contributed by atoms with E-state index in [2.05, 4.69) is 18.7 Å². The van der Waals surface area contributed by atoms with Crippen molar-refractivity contribution < 1.29 is 4.79 Å². The maximum absolute atomic E-state index is 11.9. The van der Waals surface area contributed by atoms with E-state index in [1.807, 2.05) is 18.7 Å². The van der Waals surface area contributed by atoms with Gasteiger partial charge in [-0.05, 0) is 18.9 Å². The second kappa shape index (κ2) is 6.24.